The monoisotopic (exact) mass is 190 g/mol. The molecule has 0 amide bonds. The minimum absolute atomic E-state index is 0.267. The smallest absolute Gasteiger partial charge is 0.317 e. The zero-order chi connectivity index (χ0) is 9.90. The Bertz CT molecular complexity index is 166. The van der Waals surface area contributed by atoms with Crippen LogP contribution in [0.2, 0.25) is 0 Å². The quantitative estimate of drug-likeness (QED) is 0.620. The summed E-state index contributed by atoms with van der Waals surface area (Å²) >= 11 is 0. The van der Waals surface area contributed by atoms with Gasteiger partial charge in [0.15, 0.2) is 0 Å². The molecular formula is C10H16F2O. The van der Waals surface area contributed by atoms with Gasteiger partial charge in [-0.3, -0.25) is 0 Å². The van der Waals surface area contributed by atoms with E-state index in [0.29, 0.717) is 5.92 Å². The summed E-state index contributed by atoms with van der Waals surface area (Å²) in [4.78, 5) is 0. The second kappa shape index (κ2) is 4.18. The van der Waals surface area contributed by atoms with Crippen molar-refractivity contribution in [3.8, 4) is 0 Å². The molecule has 0 aliphatic heterocycles. The summed E-state index contributed by atoms with van der Waals surface area (Å²) in [5.74, 6) is 0.491. The van der Waals surface area contributed by atoms with Crippen LogP contribution in [-0.4, -0.2) is 12.2 Å². The van der Waals surface area contributed by atoms with Crippen LogP contribution >= 0.6 is 0 Å². The number of alkyl halides is 2. The van der Waals surface area contributed by atoms with Crippen molar-refractivity contribution in [2.45, 2.75) is 44.8 Å². The highest BCUT2D eigenvalue weighted by atomic mass is 19.3. The summed E-state index contributed by atoms with van der Waals surface area (Å²) < 4.78 is 29.5. The van der Waals surface area contributed by atoms with Crippen molar-refractivity contribution in [1.82, 2.24) is 0 Å². The molecule has 13 heavy (non-hydrogen) atoms. The van der Waals surface area contributed by atoms with Gasteiger partial charge < -0.3 is 4.74 Å². The first-order chi connectivity index (χ1) is 6.01. The second-order valence-electron chi connectivity index (χ2n) is 3.70. The first-order valence-electron chi connectivity index (χ1n) is 4.69. The molecule has 1 fully saturated rings. The lowest BCUT2D eigenvalue weighted by Gasteiger charge is -2.28. The third-order valence-corrected chi connectivity index (χ3v) is 2.43. The van der Waals surface area contributed by atoms with Crippen molar-refractivity contribution in [3.05, 3.63) is 12.7 Å². The molecule has 1 aliphatic carbocycles. The molecular weight excluding hydrogens is 174 g/mol. The predicted octanol–water partition coefficient (Wildman–Crippen LogP) is 3.36. The van der Waals surface area contributed by atoms with E-state index < -0.39 is 6.11 Å². The normalized spacial score (nSPS) is 30.1. The van der Waals surface area contributed by atoms with E-state index in [0.717, 1.165) is 32.6 Å². The largest absolute Gasteiger partial charge is 0.353 e. The van der Waals surface area contributed by atoms with Gasteiger partial charge in [0, 0.05) is 6.92 Å². The molecule has 0 unspecified atom stereocenters. The van der Waals surface area contributed by atoms with Gasteiger partial charge >= 0.3 is 6.11 Å². The average Bonchev–Trinajstić information content (AvgIpc) is 2.03. The third kappa shape index (κ3) is 3.85. The zero-order valence-electron chi connectivity index (χ0n) is 7.93. The van der Waals surface area contributed by atoms with Crippen LogP contribution in [-0.2, 0) is 4.74 Å². The molecule has 0 radical (unpaired) electrons. The Kier molecular flexibility index (Phi) is 3.42. The molecule has 0 saturated heterocycles. The van der Waals surface area contributed by atoms with Gasteiger partial charge in [-0.2, -0.15) is 8.78 Å². The number of halogens is 2. The summed E-state index contributed by atoms with van der Waals surface area (Å²) in [6.07, 6.45) is 1.94. The summed E-state index contributed by atoms with van der Waals surface area (Å²) in [5.41, 5.74) is 0. The molecule has 0 heterocycles. The van der Waals surface area contributed by atoms with Crippen LogP contribution in [0, 0.1) is 5.92 Å². The van der Waals surface area contributed by atoms with Crippen molar-refractivity contribution >= 4 is 0 Å². The van der Waals surface area contributed by atoms with Crippen molar-refractivity contribution in [2.24, 2.45) is 5.92 Å². The minimum Gasteiger partial charge on any atom is -0.317 e. The lowest BCUT2D eigenvalue weighted by molar-refractivity contribution is -0.254. The first-order valence-corrected chi connectivity index (χ1v) is 4.69. The van der Waals surface area contributed by atoms with Crippen LogP contribution in [0.15, 0.2) is 12.7 Å². The van der Waals surface area contributed by atoms with Gasteiger partial charge in [-0.25, -0.2) is 0 Å². The highest BCUT2D eigenvalue weighted by molar-refractivity contribution is 4.84. The summed E-state index contributed by atoms with van der Waals surface area (Å²) in [7, 11) is 0. The third-order valence-electron chi connectivity index (χ3n) is 2.43. The van der Waals surface area contributed by atoms with Crippen molar-refractivity contribution in [3.63, 3.8) is 0 Å². The predicted molar refractivity (Wildman–Crippen MR) is 47.6 cm³/mol. The molecule has 1 rings (SSSR count). The SMILES string of the molecule is C=CC1CCC(OC(C)(F)F)CC1. The molecule has 0 aromatic carbocycles. The fourth-order valence-electron chi connectivity index (χ4n) is 1.73. The minimum atomic E-state index is -2.98. The second-order valence-corrected chi connectivity index (χ2v) is 3.70. The van der Waals surface area contributed by atoms with E-state index in [2.05, 4.69) is 11.3 Å². The number of hydrogen-bond acceptors (Lipinski definition) is 1. The van der Waals surface area contributed by atoms with Gasteiger partial charge in [-0.15, -0.1) is 6.58 Å². The number of allylic oxidation sites excluding steroid dienone is 1. The molecule has 0 spiro atoms. The molecule has 0 N–H and O–H groups in total. The van der Waals surface area contributed by atoms with E-state index in [4.69, 9.17) is 0 Å². The van der Waals surface area contributed by atoms with Gasteiger partial charge in [0.2, 0.25) is 0 Å². The topological polar surface area (TPSA) is 9.23 Å². The standard InChI is InChI=1S/C10H16F2O/c1-3-8-4-6-9(7-5-8)13-10(2,11)12/h3,8-9H,1,4-7H2,2H3. The van der Waals surface area contributed by atoms with E-state index >= 15 is 0 Å². The maximum absolute atomic E-state index is 12.4. The maximum Gasteiger partial charge on any atom is 0.353 e. The molecule has 0 atom stereocenters. The highest BCUT2D eigenvalue weighted by Gasteiger charge is 2.29. The molecule has 0 aromatic heterocycles. The lowest BCUT2D eigenvalue weighted by Crippen LogP contribution is -2.28. The molecule has 1 saturated carbocycles. The van der Waals surface area contributed by atoms with Crippen molar-refractivity contribution in [2.75, 3.05) is 0 Å². The maximum atomic E-state index is 12.4. The van der Waals surface area contributed by atoms with E-state index in [-0.39, 0.29) is 6.10 Å². The Balaban J connectivity index is 2.29. The van der Waals surface area contributed by atoms with Gasteiger partial charge in [-0.05, 0) is 31.6 Å². The average molecular weight is 190 g/mol. The first kappa shape index (κ1) is 10.6. The Morgan fingerprint density at radius 1 is 1.31 bits per heavy atom. The van der Waals surface area contributed by atoms with Crippen molar-refractivity contribution < 1.29 is 13.5 Å². The van der Waals surface area contributed by atoms with Crippen LogP contribution in [0.4, 0.5) is 8.78 Å². The molecule has 3 heteroatoms. The molecule has 0 aromatic rings. The molecule has 1 aliphatic rings. The molecule has 1 nitrogen and oxygen atoms in total. The molecule has 0 bridgehead atoms. The van der Waals surface area contributed by atoms with Crippen LogP contribution in [0.5, 0.6) is 0 Å². The van der Waals surface area contributed by atoms with E-state index in [1.54, 1.807) is 0 Å². The summed E-state index contributed by atoms with van der Waals surface area (Å²) in [5, 5.41) is 0. The van der Waals surface area contributed by atoms with Gasteiger partial charge in [0.1, 0.15) is 0 Å². The number of ether oxygens (including phenoxy) is 1. The fraction of sp³-hybridized carbons (Fsp3) is 0.800. The van der Waals surface area contributed by atoms with E-state index in [1.807, 2.05) is 6.08 Å². The Labute approximate surface area is 77.8 Å². The Morgan fingerprint density at radius 3 is 2.23 bits per heavy atom. The van der Waals surface area contributed by atoms with Crippen molar-refractivity contribution in [1.29, 1.82) is 0 Å². The number of hydrogen-bond donors (Lipinski definition) is 0. The number of rotatable bonds is 3. The Hall–Kier alpha value is -0.440. The fourth-order valence-corrected chi connectivity index (χ4v) is 1.73. The van der Waals surface area contributed by atoms with Gasteiger partial charge in [0.05, 0.1) is 6.10 Å². The van der Waals surface area contributed by atoms with Gasteiger partial charge in [0.25, 0.3) is 0 Å². The zero-order valence-corrected chi connectivity index (χ0v) is 7.93. The van der Waals surface area contributed by atoms with E-state index in [1.165, 1.54) is 0 Å². The van der Waals surface area contributed by atoms with Crippen LogP contribution < -0.4 is 0 Å². The summed E-state index contributed by atoms with van der Waals surface area (Å²) in [6.45, 7) is 4.49. The highest BCUT2D eigenvalue weighted by Crippen LogP contribution is 2.30. The van der Waals surface area contributed by atoms with E-state index in [9.17, 15) is 8.78 Å². The van der Waals surface area contributed by atoms with Gasteiger partial charge in [-0.1, -0.05) is 6.08 Å². The van der Waals surface area contributed by atoms with Crippen LogP contribution in [0.1, 0.15) is 32.6 Å². The lowest BCUT2D eigenvalue weighted by atomic mass is 9.87. The van der Waals surface area contributed by atoms with Crippen LogP contribution in [0.3, 0.4) is 0 Å². The summed E-state index contributed by atoms with van der Waals surface area (Å²) in [6, 6.07) is 0. The van der Waals surface area contributed by atoms with Crippen LogP contribution in [0.25, 0.3) is 0 Å². The Morgan fingerprint density at radius 2 is 1.85 bits per heavy atom. The molecule has 76 valence electrons.